The zero-order chi connectivity index (χ0) is 6.57. The van der Waals surface area contributed by atoms with Crippen molar-refractivity contribution < 1.29 is 4.79 Å². The molecule has 0 saturated heterocycles. The number of rotatable bonds is 3. The molecule has 0 aromatic rings. The van der Waals surface area contributed by atoms with E-state index in [-0.39, 0.29) is 12.5 Å². The monoisotopic (exact) mass is 115 g/mol. The average Bonchev–Trinajstić information content (AvgIpc) is 1.65. The van der Waals surface area contributed by atoms with Crippen molar-refractivity contribution in [1.82, 2.24) is 5.73 Å². The molecule has 1 unspecified atom stereocenters. The van der Waals surface area contributed by atoms with Crippen molar-refractivity contribution >= 4 is 5.91 Å². The molecule has 0 aliphatic rings. The maximum Gasteiger partial charge on any atom is 0.239 e. The Hall–Kier alpha value is -0.570. The highest BCUT2D eigenvalue weighted by molar-refractivity contribution is 5.73. The Morgan fingerprint density at radius 3 is 2.50 bits per heavy atom. The van der Waals surface area contributed by atoms with Crippen LogP contribution in [0.5, 0.6) is 0 Å². The molecular formula is C5H11N2O. The fourth-order valence-corrected chi connectivity index (χ4v) is 0.382. The summed E-state index contributed by atoms with van der Waals surface area (Å²) in [7, 11) is 0. The van der Waals surface area contributed by atoms with Gasteiger partial charge in [-0.15, -0.1) is 0 Å². The third kappa shape index (κ3) is 3.61. The lowest BCUT2D eigenvalue weighted by Gasteiger charge is -2.01. The summed E-state index contributed by atoms with van der Waals surface area (Å²) in [6, 6.07) is -0.111. The van der Waals surface area contributed by atoms with Crippen molar-refractivity contribution in [2.75, 3.05) is 0 Å². The van der Waals surface area contributed by atoms with Crippen molar-refractivity contribution in [3.63, 3.8) is 0 Å². The van der Waals surface area contributed by atoms with E-state index in [1.807, 2.05) is 6.92 Å². The number of amides is 1. The van der Waals surface area contributed by atoms with Gasteiger partial charge in [0.1, 0.15) is 0 Å². The van der Waals surface area contributed by atoms with Crippen molar-refractivity contribution in [1.29, 1.82) is 0 Å². The SMILES string of the molecule is CCC(N)CC([NH])=O. The molecule has 0 fully saturated rings. The Balaban J connectivity index is 3.24. The highest BCUT2D eigenvalue weighted by Gasteiger charge is 2.01. The molecule has 0 aliphatic heterocycles. The molecule has 0 aromatic heterocycles. The Morgan fingerprint density at radius 1 is 1.88 bits per heavy atom. The number of nitrogens with two attached hydrogens (primary N) is 1. The lowest BCUT2D eigenvalue weighted by molar-refractivity contribution is -0.118. The first-order valence-corrected chi connectivity index (χ1v) is 2.66. The van der Waals surface area contributed by atoms with E-state index in [9.17, 15) is 4.79 Å². The second-order valence-electron chi connectivity index (χ2n) is 1.80. The largest absolute Gasteiger partial charge is 0.327 e. The molecule has 0 aliphatic carbocycles. The van der Waals surface area contributed by atoms with Gasteiger partial charge in [0.05, 0.1) is 0 Å². The van der Waals surface area contributed by atoms with Crippen LogP contribution < -0.4 is 11.5 Å². The first-order valence-electron chi connectivity index (χ1n) is 2.66. The van der Waals surface area contributed by atoms with Crippen LogP contribution in [-0.4, -0.2) is 11.9 Å². The van der Waals surface area contributed by atoms with E-state index < -0.39 is 5.91 Å². The van der Waals surface area contributed by atoms with E-state index in [4.69, 9.17) is 11.5 Å². The molecule has 0 aromatic carbocycles. The summed E-state index contributed by atoms with van der Waals surface area (Å²) in [6.45, 7) is 1.90. The minimum absolute atomic E-state index is 0.111. The second kappa shape index (κ2) is 3.43. The van der Waals surface area contributed by atoms with Crippen LogP contribution in [0.2, 0.25) is 0 Å². The van der Waals surface area contributed by atoms with Crippen LogP contribution in [0, 0.1) is 0 Å². The lowest BCUT2D eigenvalue weighted by Crippen LogP contribution is -2.22. The number of nitrogens with one attached hydrogen (secondary N) is 1. The summed E-state index contributed by atoms with van der Waals surface area (Å²) >= 11 is 0. The Morgan fingerprint density at radius 2 is 2.38 bits per heavy atom. The van der Waals surface area contributed by atoms with Crippen LogP contribution in [0.4, 0.5) is 0 Å². The molecule has 3 heteroatoms. The van der Waals surface area contributed by atoms with Crippen LogP contribution in [0.15, 0.2) is 0 Å². The number of hydrogen-bond acceptors (Lipinski definition) is 2. The molecule has 0 heterocycles. The minimum atomic E-state index is -0.570. The first kappa shape index (κ1) is 7.43. The third-order valence-corrected chi connectivity index (χ3v) is 0.972. The summed E-state index contributed by atoms with van der Waals surface area (Å²) in [6.07, 6.45) is 0.959. The predicted octanol–water partition coefficient (Wildman–Crippen LogP) is -0.0767. The summed E-state index contributed by atoms with van der Waals surface area (Å²) < 4.78 is 0. The molecule has 3 nitrogen and oxygen atoms in total. The minimum Gasteiger partial charge on any atom is -0.327 e. The van der Waals surface area contributed by atoms with Crippen LogP contribution in [0.3, 0.4) is 0 Å². The smallest absolute Gasteiger partial charge is 0.239 e. The van der Waals surface area contributed by atoms with Crippen molar-refractivity contribution in [2.45, 2.75) is 25.8 Å². The third-order valence-electron chi connectivity index (χ3n) is 0.972. The van der Waals surface area contributed by atoms with Gasteiger partial charge in [0.25, 0.3) is 0 Å². The fraction of sp³-hybridized carbons (Fsp3) is 0.800. The van der Waals surface area contributed by atoms with Gasteiger partial charge in [-0.05, 0) is 6.42 Å². The first-order chi connectivity index (χ1) is 3.66. The number of carbonyl (C=O) groups excluding carboxylic acids is 1. The van der Waals surface area contributed by atoms with Crippen LogP contribution in [0.25, 0.3) is 0 Å². The van der Waals surface area contributed by atoms with Crippen molar-refractivity contribution in [3.8, 4) is 0 Å². The summed E-state index contributed by atoms with van der Waals surface area (Å²) in [5.41, 5.74) is 11.8. The molecule has 8 heavy (non-hydrogen) atoms. The Kier molecular flexibility index (Phi) is 3.19. The Bertz CT molecular complexity index is 82.5. The molecule has 0 rings (SSSR count). The molecule has 47 valence electrons. The molecule has 3 N–H and O–H groups in total. The molecule has 0 saturated carbocycles. The van der Waals surface area contributed by atoms with Gasteiger partial charge in [-0.3, -0.25) is 10.5 Å². The summed E-state index contributed by atoms with van der Waals surface area (Å²) in [5.74, 6) is -0.570. The van der Waals surface area contributed by atoms with Crippen molar-refractivity contribution in [3.05, 3.63) is 0 Å². The normalized spacial score (nSPS) is 13.2. The molecular weight excluding hydrogens is 104 g/mol. The predicted molar refractivity (Wildman–Crippen MR) is 31.0 cm³/mol. The maximum absolute atomic E-state index is 10.00. The fourth-order valence-electron chi connectivity index (χ4n) is 0.382. The van der Waals surface area contributed by atoms with Gasteiger partial charge in [0, 0.05) is 12.5 Å². The van der Waals surface area contributed by atoms with E-state index in [2.05, 4.69) is 0 Å². The van der Waals surface area contributed by atoms with E-state index in [1.165, 1.54) is 0 Å². The number of carbonyl (C=O) groups is 1. The van der Waals surface area contributed by atoms with Gasteiger partial charge in [0.2, 0.25) is 5.91 Å². The van der Waals surface area contributed by atoms with Crippen LogP contribution in [0.1, 0.15) is 19.8 Å². The van der Waals surface area contributed by atoms with Crippen LogP contribution in [-0.2, 0) is 4.79 Å². The standard InChI is InChI=1S/C5H11N2O/c1-2-4(6)3-5(7)8/h4,7H,2-3,6H2,1H3. The van der Waals surface area contributed by atoms with E-state index in [1.54, 1.807) is 0 Å². The zero-order valence-electron chi connectivity index (χ0n) is 4.98. The van der Waals surface area contributed by atoms with Gasteiger partial charge < -0.3 is 5.73 Å². The maximum atomic E-state index is 10.00. The lowest BCUT2D eigenvalue weighted by atomic mass is 10.2. The average molecular weight is 115 g/mol. The summed E-state index contributed by atoms with van der Waals surface area (Å²) in [4.78, 5) is 10.00. The molecule has 0 bridgehead atoms. The summed E-state index contributed by atoms with van der Waals surface area (Å²) in [5, 5.41) is 0. The second-order valence-corrected chi connectivity index (χ2v) is 1.80. The van der Waals surface area contributed by atoms with Gasteiger partial charge in [-0.1, -0.05) is 6.92 Å². The highest BCUT2D eigenvalue weighted by Crippen LogP contribution is 1.90. The number of hydrogen-bond donors (Lipinski definition) is 1. The van der Waals surface area contributed by atoms with Crippen molar-refractivity contribution in [2.24, 2.45) is 5.73 Å². The van der Waals surface area contributed by atoms with E-state index in [0.29, 0.717) is 0 Å². The zero-order valence-corrected chi connectivity index (χ0v) is 4.98. The Labute approximate surface area is 49.0 Å². The van der Waals surface area contributed by atoms with E-state index in [0.717, 1.165) is 6.42 Å². The van der Waals surface area contributed by atoms with Gasteiger partial charge in [-0.25, -0.2) is 0 Å². The molecule has 1 radical (unpaired) electrons. The van der Waals surface area contributed by atoms with Gasteiger partial charge in [0.15, 0.2) is 0 Å². The molecule has 1 atom stereocenters. The quantitative estimate of drug-likeness (QED) is 0.559. The van der Waals surface area contributed by atoms with E-state index >= 15 is 0 Å². The molecule has 1 amide bonds. The highest BCUT2D eigenvalue weighted by atomic mass is 16.1. The van der Waals surface area contributed by atoms with Gasteiger partial charge >= 0.3 is 0 Å². The topological polar surface area (TPSA) is 66.9 Å². The molecule has 0 spiro atoms. The van der Waals surface area contributed by atoms with Gasteiger partial charge in [-0.2, -0.15) is 0 Å². The van der Waals surface area contributed by atoms with Crippen LogP contribution >= 0.6 is 0 Å².